The minimum Gasteiger partial charge on any atom is -0.507 e. The summed E-state index contributed by atoms with van der Waals surface area (Å²) in [6.45, 7) is 1.91. The van der Waals surface area contributed by atoms with Crippen LogP contribution < -0.4 is 10.5 Å². The van der Waals surface area contributed by atoms with Crippen molar-refractivity contribution in [2.45, 2.75) is 19.8 Å². The second-order valence-corrected chi connectivity index (χ2v) is 7.55. The highest BCUT2D eigenvalue weighted by Gasteiger charge is 2.35. The first-order valence-corrected chi connectivity index (χ1v) is 10.00. The summed E-state index contributed by atoms with van der Waals surface area (Å²) in [6.07, 6.45) is 0.524. The molecule has 4 rings (SSSR count). The van der Waals surface area contributed by atoms with Crippen molar-refractivity contribution in [1.29, 1.82) is 0 Å². The number of fused-ring (bicyclic) bond motifs is 2. The minimum absolute atomic E-state index is 0.0369. The van der Waals surface area contributed by atoms with Crippen molar-refractivity contribution < 1.29 is 29.0 Å². The number of nitrogens with two attached hydrogens (primary N) is 1. The van der Waals surface area contributed by atoms with Crippen molar-refractivity contribution in [1.82, 2.24) is 0 Å². The SMILES string of the molecule is COC(=O)CCc1cc(C)ccc1Oc1cc(O)c2c(c1N)C(=O)c1ccccc1C2=O. The number of methoxy groups -OCH3 is 1. The molecule has 0 radical (unpaired) electrons. The van der Waals surface area contributed by atoms with Crippen LogP contribution in [0, 0.1) is 6.92 Å². The highest BCUT2D eigenvalue weighted by atomic mass is 16.5. The van der Waals surface area contributed by atoms with Gasteiger partial charge in [0.15, 0.2) is 17.3 Å². The van der Waals surface area contributed by atoms with Crippen LogP contribution in [-0.4, -0.2) is 29.8 Å². The number of anilines is 1. The van der Waals surface area contributed by atoms with Crippen LogP contribution in [0.1, 0.15) is 49.4 Å². The number of benzene rings is 3. The number of carbonyl (C=O) groups excluding carboxylic acids is 3. The van der Waals surface area contributed by atoms with E-state index in [1.807, 2.05) is 19.1 Å². The molecule has 1 aliphatic carbocycles. The lowest BCUT2D eigenvalue weighted by Gasteiger charge is -2.22. The molecule has 3 aromatic carbocycles. The number of esters is 1. The molecule has 0 saturated heterocycles. The molecule has 0 fully saturated rings. The predicted molar refractivity (Wildman–Crippen MR) is 117 cm³/mol. The second-order valence-electron chi connectivity index (χ2n) is 7.55. The van der Waals surface area contributed by atoms with Crippen LogP contribution in [0.3, 0.4) is 0 Å². The average Bonchev–Trinajstić information content (AvgIpc) is 2.79. The standard InChI is InChI=1S/C25H21NO6/c1-13-7-9-18(14(11-13)8-10-20(28)31-2)32-19-12-17(27)21-22(23(19)26)25(30)16-6-4-3-5-15(16)24(21)29/h3-7,9,11-12,27H,8,10,26H2,1-2H3. The van der Waals surface area contributed by atoms with E-state index in [-0.39, 0.29) is 51.8 Å². The van der Waals surface area contributed by atoms with Gasteiger partial charge in [-0.05, 0) is 25.0 Å². The van der Waals surface area contributed by atoms with Crippen LogP contribution in [0.2, 0.25) is 0 Å². The van der Waals surface area contributed by atoms with Crippen LogP contribution >= 0.6 is 0 Å². The Morgan fingerprint density at radius 2 is 1.62 bits per heavy atom. The fraction of sp³-hybridized carbons (Fsp3) is 0.160. The van der Waals surface area contributed by atoms with Gasteiger partial charge in [-0.25, -0.2) is 0 Å². The van der Waals surface area contributed by atoms with Gasteiger partial charge in [0.25, 0.3) is 0 Å². The number of hydrogen-bond acceptors (Lipinski definition) is 7. The van der Waals surface area contributed by atoms with E-state index in [2.05, 4.69) is 0 Å². The highest BCUT2D eigenvalue weighted by molar-refractivity contribution is 6.31. The first-order chi connectivity index (χ1) is 15.3. The van der Waals surface area contributed by atoms with Gasteiger partial charge in [-0.2, -0.15) is 0 Å². The maximum Gasteiger partial charge on any atom is 0.305 e. The van der Waals surface area contributed by atoms with E-state index in [4.69, 9.17) is 15.2 Å². The lowest BCUT2D eigenvalue weighted by molar-refractivity contribution is -0.140. The minimum atomic E-state index is -0.472. The fourth-order valence-electron chi connectivity index (χ4n) is 3.82. The Kier molecular flexibility index (Phi) is 5.40. The number of phenolic OH excluding ortho intramolecular Hbond substituents is 1. The largest absolute Gasteiger partial charge is 0.507 e. The number of aryl methyl sites for hydroxylation is 2. The summed E-state index contributed by atoms with van der Waals surface area (Å²) in [6, 6.07) is 13.1. The summed E-state index contributed by atoms with van der Waals surface area (Å²) in [7, 11) is 1.32. The number of hydrogen-bond donors (Lipinski definition) is 2. The third-order valence-corrected chi connectivity index (χ3v) is 5.44. The summed E-state index contributed by atoms with van der Waals surface area (Å²) >= 11 is 0. The Bertz CT molecular complexity index is 1280. The molecule has 0 amide bonds. The van der Waals surface area contributed by atoms with Gasteiger partial charge in [-0.1, -0.05) is 42.0 Å². The molecule has 0 saturated carbocycles. The molecule has 162 valence electrons. The van der Waals surface area contributed by atoms with Crippen molar-refractivity contribution in [3.63, 3.8) is 0 Å². The van der Waals surface area contributed by atoms with Gasteiger partial charge in [0.05, 0.1) is 23.9 Å². The van der Waals surface area contributed by atoms with Crippen molar-refractivity contribution in [3.8, 4) is 17.2 Å². The Morgan fingerprint density at radius 1 is 0.969 bits per heavy atom. The van der Waals surface area contributed by atoms with Gasteiger partial charge in [0.2, 0.25) is 0 Å². The number of nitrogen functional groups attached to an aromatic ring is 1. The van der Waals surface area contributed by atoms with Crippen LogP contribution in [0.4, 0.5) is 5.69 Å². The monoisotopic (exact) mass is 431 g/mol. The number of aromatic hydroxyl groups is 1. The maximum absolute atomic E-state index is 13.1. The van der Waals surface area contributed by atoms with E-state index in [9.17, 15) is 19.5 Å². The Labute approximate surface area is 184 Å². The van der Waals surface area contributed by atoms with Crippen LogP contribution in [-0.2, 0) is 16.0 Å². The molecule has 0 heterocycles. The molecule has 0 bridgehead atoms. The van der Waals surface area contributed by atoms with Gasteiger partial charge < -0.3 is 20.3 Å². The molecule has 7 heteroatoms. The van der Waals surface area contributed by atoms with E-state index in [0.717, 1.165) is 11.1 Å². The summed E-state index contributed by atoms with van der Waals surface area (Å²) in [5.41, 5.74) is 8.17. The smallest absolute Gasteiger partial charge is 0.305 e. The fourth-order valence-corrected chi connectivity index (χ4v) is 3.82. The van der Waals surface area contributed by atoms with Gasteiger partial charge >= 0.3 is 5.97 Å². The average molecular weight is 431 g/mol. The van der Waals surface area contributed by atoms with Crippen molar-refractivity contribution in [2.75, 3.05) is 12.8 Å². The summed E-state index contributed by atoms with van der Waals surface area (Å²) in [5.74, 6) is -1.21. The quantitative estimate of drug-likeness (QED) is 0.279. The summed E-state index contributed by atoms with van der Waals surface area (Å²) < 4.78 is 10.7. The Hall–Kier alpha value is -4.13. The number of ketones is 2. The van der Waals surface area contributed by atoms with Gasteiger partial charge in [0.1, 0.15) is 11.5 Å². The third kappa shape index (κ3) is 3.58. The Morgan fingerprint density at radius 3 is 2.28 bits per heavy atom. The zero-order valence-corrected chi connectivity index (χ0v) is 17.6. The van der Waals surface area contributed by atoms with Gasteiger partial charge in [0, 0.05) is 23.6 Å². The summed E-state index contributed by atoms with van der Waals surface area (Å²) in [5, 5.41) is 10.6. The van der Waals surface area contributed by atoms with E-state index in [1.165, 1.54) is 13.2 Å². The third-order valence-electron chi connectivity index (χ3n) is 5.44. The molecule has 0 aromatic heterocycles. The molecule has 7 nitrogen and oxygen atoms in total. The molecule has 3 aromatic rings. The molecule has 32 heavy (non-hydrogen) atoms. The van der Waals surface area contributed by atoms with Crippen molar-refractivity contribution in [2.24, 2.45) is 0 Å². The number of carbonyl (C=O) groups is 3. The molecule has 1 aliphatic rings. The van der Waals surface area contributed by atoms with Crippen LogP contribution in [0.15, 0.2) is 48.5 Å². The number of phenols is 1. The second kappa shape index (κ2) is 8.19. The maximum atomic E-state index is 13.1. The normalized spacial score (nSPS) is 12.2. The van der Waals surface area contributed by atoms with Gasteiger partial charge in [-0.3, -0.25) is 14.4 Å². The zero-order chi connectivity index (χ0) is 23.0. The molecular formula is C25H21NO6. The van der Waals surface area contributed by atoms with E-state index in [0.29, 0.717) is 12.2 Å². The highest BCUT2D eigenvalue weighted by Crippen LogP contribution is 2.43. The first-order valence-electron chi connectivity index (χ1n) is 10.00. The van der Waals surface area contributed by atoms with Crippen molar-refractivity contribution in [3.05, 3.63) is 81.9 Å². The van der Waals surface area contributed by atoms with Crippen molar-refractivity contribution >= 4 is 23.2 Å². The first kappa shape index (κ1) is 21.1. The van der Waals surface area contributed by atoms with Gasteiger partial charge in [-0.15, -0.1) is 0 Å². The van der Waals surface area contributed by atoms with Crippen LogP contribution in [0.25, 0.3) is 0 Å². The van der Waals surface area contributed by atoms with Crippen LogP contribution in [0.5, 0.6) is 17.2 Å². The predicted octanol–water partition coefficient (Wildman–Crippen LogP) is 3.96. The molecular weight excluding hydrogens is 410 g/mol. The van der Waals surface area contributed by atoms with E-state index >= 15 is 0 Å². The molecule has 0 aliphatic heterocycles. The topological polar surface area (TPSA) is 116 Å². The summed E-state index contributed by atoms with van der Waals surface area (Å²) in [4.78, 5) is 37.6. The molecule has 0 spiro atoms. The molecule has 0 atom stereocenters. The lowest BCUT2D eigenvalue weighted by Crippen LogP contribution is -2.22. The van der Waals surface area contributed by atoms with E-state index < -0.39 is 11.6 Å². The number of rotatable bonds is 5. The zero-order valence-electron chi connectivity index (χ0n) is 17.6. The van der Waals surface area contributed by atoms with E-state index in [1.54, 1.807) is 30.3 Å². The molecule has 3 N–H and O–H groups in total. The number of ether oxygens (including phenoxy) is 2. The Balaban J connectivity index is 1.77. The molecule has 0 unspecified atom stereocenters. The lowest BCUT2D eigenvalue weighted by atomic mass is 9.82.